The van der Waals surface area contributed by atoms with Crippen molar-refractivity contribution in [1.29, 1.82) is 0 Å². The van der Waals surface area contributed by atoms with Crippen molar-refractivity contribution in [3.63, 3.8) is 0 Å². The van der Waals surface area contributed by atoms with E-state index in [2.05, 4.69) is 5.32 Å². The number of para-hydroxylation sites is 1. The molecule has 1 heterocycles. The molecule has 156 valence electrons. The molecule has 3 aromatic rings. The summed E-state index contributed by atoms with van der Waals surface area (Å²) in [6.45, 7) is 0.419. The van der Waals surface area contributed by atoms with Crippen molar-refractivity contribution in [2.45, 2.75) is 12.6 Å². The molecular formula is C23H22FNO5. The Morgan fingerprint density at radius 3 is 2.50 bits per heavy atom. The van der Waals surface area contributed by atoms with E-state index in [1.807, 2.05) is 24.3 Å². The monoisotopic (exact) mass is 411 g/mol. The fourth-order valence-electron chi connectivity index (χ4n) is 3.46. The molecule has 0 amide bonds. The van der Waals surface area contributed by atoms with Crippen molar-refractivity contribution in [3.8, 4) is 23.0 Å². The zero-order valence-electron chi connectivity index (χ0n) is 16.9. The molecule has 30 heavy (non-hydrogen) atoms. The summed E-state index contributed by atoms with van der Waals surface area (Å²) >= 11 is 0. The number of nitrogens with one attached hydrogen (secondary N) is 1. The lowest BCUT2D eigenvalue weighted by Crippen LogP contribution is -2.08. The standard InChI is InChI=1S/C23H22FNO5/c1-26-16-9-7-14(21(12-16)28-3)13-25-19-11-15(24)8-10-17(19)22-18-5-4-6-20(27-2)23(18)30-29-22/h4-12,22,25H,13H2,1-3H3. The van der Waals surface area contributed by atoms with E-state index in [1.54, 1.807) is 39.5 Å². The number of hydrogen-bond acceptors (Lipinski definition) is 6. The zero-order chi connectivity index (χ0) is 21.1. The third kappa shape index (κ3) is 3.71. The van der Waals surface area contributed by atoms with Crippen LogP contribution in [0.15, 0.2) is 54.6 Å². The van der Waals surface area contributed by atoms with E-state index in [1.165, 1.54) is 12.1 Å². The highest BCUT2D eigenvalue weighted by molar-refractivity contribution is 5.59. The third-order valence-corrected chi connectivity index (χ3v) is 5.00. The van der Waals surface area contributed by atoms with Gasteiger partial charge in [0.1, 0.15) is 17.3 Å². The number of anilines is 1. The van der Waals surface area contributed by atoms with Gasteiger partial charge in [0.25, 0.3) is 0 Å². The van der Waals surface area contributed by atoms with E-state index in [9.17, 15) is 4.39 Å². The van der Waals surface area contributed by atoms with Crippen LogP contribution in [0.5, 0.6) is 23.0 Å². The van der Waals surface area contributed by atoms with Gasteiger partial charge in [0.05, 0.1) is 21.3 Å². The molecule has 0 radical (unpaired) electrons. The Morgan fingerprint density at radius 1 is 0.900 bits per heavy atom. The van der Waals surface area contributed by atoms with Crippen molar-refractivity contribution in [2.24, 2.45) is 0 Å². The second-order valence-corrected chi connectivity index (χ2v) is 6.70. The second kappa shape index (κ2) is 8.51. The first-order chi connectivity index (χ1) is 14.6. The van der Waals surface area contributed by atoms with Crippen LogP contribution >= 0.6 is 0 Å². The van der Waals surface area contributed by atoms with Gasteiger partial charge in [-0.25, -0.2) is 4.39 Å². The Balaban J connectivity index is 1.64. The number of hydrogen-bond donors (Lipinski definition) is 1. The van der Waals surface area contributed by atoms with Crippen LogP contribution in [-0.4, -0.2) is 21.3 Å². The molecule has 4 rings (SSSR count). The van der Waals surface area contributed by atoms with Crippen LogP contribution in [0.25, 0.3) is 0 Å². The molecule has 0 fully saturated rings. The predicted octanol–water partition coefficient (Wildman–Crippen LogP) is 4.88. The number of fused-ring (bicyclic) bond motifs is 1. The van der Waals surface area contributed by atoms with Crippen LogP contribution in [-0.2, 0) is 11.4 Å². The Labute approximate surface area is 174 Å². The third-order valence-electron chi connectivity index (χ3n) is 5.00. The topological polar surface area (TPSA) is 58.2 Å². The van der Waals surface area contributed by atoms with Crippen LogP contribution < -0.4 is 24.4 Å². The predicted molar refractivity (Wildman–Crippen MR) is 110 cm³/mol. The number of rotatable bonds is 7. The molecule has 0 spiro atoms. The maximum Gasteiger partial charge on any atom is 0.213 e. The minimum atomic E-state index is -0.518. The van der Waals surface area contributed by atoms with Gasteiger partial charge in [-0.05, 0) is 30.3 Å². The van der Waals surface area contributed by atoms with Crippen LogP contribution in [0.1, 0.15) is 22.8 Å². The molecule has 0 saturated carbocycles. The van der Waals surface area contributed by atoms with Crippen LogP contribution in [0.3, 0.4) is 0 Å². The van der Waals surface area contributed by atoms with Gasteiger partial charge in [-0.2, -0.15) is 4.89 Å². The lowest BCUT2D eigenvalue weighted by Gasteiger charge is -2.17. The van der Waals surface area contributed by atoms with Gasteiger partial charge in [-0.15, -0.1) is 0 Å². The normalized spacial score (nSPS) is 14.6. The first-order valence-electron chi connectivity index (χ1n) is 9.39. The summed E-state index contributed by atoms with van der Waals surface area (Å²) in [5.74, 6) is 2.12. The van der Waals surface area contributed by atoms with Crippen molar-refractivity contribution in [2.75, 3.05) is 26.6 Å². The Morgan fingerprint density at radius 2 is 1.73 bits per heavy atom. The van der Waals surface area contributed by atoms with Crippen molar-refractivity contribution in [3.05, 3.63) is 77.1 Å². The molecule has 7 heteroatoms. The summed E-state index contributed by atoms with van der Waals surface area (Å²) < 4.78 is 30.1. The smallest absolute Gasteiger partial charge is 0.213 e. The second-order valence-electron chi connectivity index (χ2n) is 6.70. The molecule has 1 unspecified atom stereocenters. The highest BCUT2D eigenvalue weighted by atomic mass is 19.1. The molecule has 1 atom stereocenters. The Bertz CT molecular complexity index is 1060. The van der Waals surface area contributed by atoms with E-state index in [4.69, 9.17) is 24.0 Å². The van der Waals surface area contributed by atoms with Gasteiger partial charge in [0, 0.05) is 35.0 Å². The fourth-order valence-corrected chi connectivity index (χ4v) is 3.46. The summed E-state index contributed by atoms with van der Waals surface area (Å²) in [6.07, 6.45) is -0.518. The van der Waals surface area contributed by atoms with Crippen molar-refractivity contribution < 1.29 is 28.4 Å². The average Bonchev–Trinajstić information content (AvgIpc) is 3.21. The number of benzene rings is 3. The molecule has 0 aromatic heterocycles. The van der Waals surface area contributed by atoms with Gasteiger partial charge in [-0.3, -0.25) is 0 Å². The van der Waals surface area contributed by atoms with Gasteiger partial charge >= 0.3 is 0 Å². The molecule has 1 N–H and O–H groups in total. The zero-order valence-corrected chi connectivity index (χ0v) is 16.9. The summed E-state index contributed by atoms with van der Waals surface area (Å²) in [7, 11) is 4.77. The SMILES string of the molecule is COc1ccc(CNc2cc(F)ccc2C2OOc3c(OC)cccc32)c(OC)c1. The van der Waals surface area contributed by atoms with Gasteiger partial charge in [0.15, 0.2) is 11.9 Å². The Hall–Kier alpha value is -3.45. The summed E-state index contributed by atoms with van der Waals surface area (Å²) in [5.41, 5.74) is 3.05. The van der Waals surface area contributed by atoms with Crippen molar-refractivity contribution >= 4 is 5.69 Å². The van der Waals surface area contributed by atoms with E-state index < -0.39 is 6.10 Å². The summed E-state index contributed by atoms with van der Waals surface area (Å²) in [4.78, 5) is 11.0. The minimum absolute atomic E-state index is 0.354. The van der Waals surface area contributed by atoms with E-state index >= 15 is 0 Å². The number of ether oxygens (including phenoxy) is 3. The molecule has 3 aromatic carbocycles. The van der Waals surface area contributed by atoms with E-state index in [0.717, 1.165) is 16.7 Å². The maximum atomic E-state index is 14.0. The molecule has 6 nitrogen and oxygen atoms in total. The molecule has 0 saturated heterocycles. The average molecular weight is 411 g/mol. The number of methoxy groups -OCH3 is 3. The van der Waals surface area contributed by atoms with Gasteiger partial charge in [-0.1, -0.05) is 18.2 Å². The lowest BCUT2D eigenvalue weighted by molar-refractivity contribution is -0.212. The largest absolute Gasteiger partial charge is 0.497 e. The summed E-state index contributed by atoms with van der Waals surface area (Å²) in [6, 6.07) is 15.6. The van der Waals surface area contributed by atoms with Gasteiger partial charge in [0.2, 0.25) is 5.75 Å². The van der Waals surface area contributed by atoms with E-state index in [0.29, 0.717) is 35.2 Å². The molecule has 1 aliphatic rings. The first-order valence-corrected chi connectivity index (χ1v) is 9.39. The molecule has 0 bridgehead atoms. The van der Waals surface area contributed by atoms with Crippen LogP contribution in [0, 0.1) is 5.82 Å². The van der Waals surface area contributed by atoms with E-state index in [-0.39, 0.29) is 5.82 Å². The Kier molecular flexibility index (Phi) is 5.63. The lowest BCUT2D eigenvalue weighted by atomic mass is 9.99. The fraction of sp³-hybridized carbons (Fsp3) is 0.217. The highest BCUT2D eigenvalue weighted by Crippen LogP contribution is 2.46. The van der Waals surface area contributed by atoms with Crippen LogP contribution in [0.2, 0.25) is 0 Å². The molecule has 1 aliphatic heterocycles. The quantitative estimate of drug-likeness (QED) is 0.560. The first kappa shape index (κ1) is 19.8. The number of halogens is 1. The van der Waals surface area contributed by atoms with Crippen molar-refractivity contribution in [1.82, 2.24) is 0 Å². The molecular weight excluding hydrogens is 389 g/mol. The summed E-state index contributed by atoms with van der Waals surface area (Å²) in [5, 5.41) is 3.29. The minimum Gasteiger partial charge on any atom is -0.497 e. The molecule has 0 aliphatic carbocycles. The van der Waals surface area contributed by atoms with Gasteiger partial charge < -0.3 is 24.4 Å². The highest BCUT2D eigenvalue weighted by Gasteiger charge is 2.32. The van der Waals surface area contributed by atoms with Crippen LogP contribution in [0.4, 0.5) is 10.1 Å². The maximum absolute atomic E-state index is 14.0.